The Morgan fingerprint density at radius 2 is 0.969 bits per heavy atom. The largest absolute Gasteiger partial charge is 0.361 e. The van der Waals surface area contributed by atoms with Crippen molar-refractivity contribution in [1.82, 2.24) is 9.97 Å². The molecular formula is C24H20N6O2. The molecule has 0 aliphatic heterocycles. The summed E-state index contributed by atoms with van der Waals surface area (Å²) in [6, 6.07) is 21.4. The van der Waals surface area contributed by atoms with Crippen molar-refractivity contribution in [2.24, 2.45) is 0 Å². The van der Waals surface area contributed by atoms with Gasteiger partial charge < -0.3 is 31.2 Å². The average molecular weight is 424 g/mol. The Kier molecular flexibility index (Phi) is 4.93. The molecule has 2 aromatic heterocycles. The maximum absolute atomic E-state index is 12.4. The molecule has 0 atom stereocenters. The minimum Gasteiger partial charge on any atom is -0.361 e. The van der Waals surface area contributed by atoms with Crippen molar-refractivity contribution in [3.8, 4) is 0 Å². The SMILES string of the molecule is O=C(Nc1cccc(NC(=O)Nc2ccc3cc[nH]c3c2)c1)Nc1ccc2cc[nH]c2c1. The molecule has 5 rings (SSSR count). The molecule has 4 amide bonds. The third kappa shape index (κ3) is 4.24. The van der Waals surface area contributed by atoms with E-state index < -0.39 is 0 Å². The van der Waals surface area contributed by atoms with Crippen LogP contribution in [0.5, 0.6) is 0 Å². The van der Waals surface area contributed by atoms with Crippen LogP contribution in [-0.2, 0) is 0 Å². The average Bonchev–Trinajstić information content (AvgIpc) is 3.42. The summed E-state index contributed by atoms with van der Waals surface area (Å²) in [5.41, 5.74) is 4.32. The minimum absolute atomic E-state index is 0.378. The molecule has 8 nitrogen and oxygen atoms in total. The Bertz CT molecular complexity index is 1330. The van der Waals surface area contributed by atoms with Gasteiger partial charge in [0.1, 0.15) is 0 Å². The third-order valence-corrected chi connectivity index (χ3v) is 5.00. The Morgan fingerprint density at radius 1 is 0.531 bits per heavy atom. The molecule has 6 N–H and O–H groups in total. The molecule has 32 heavy (non-hydrogen) atoms. The van der Waals surface area contributed by atoms with E-state index in [9.17, 15) is 9.59 Å². The highest BCUT2D eigenvalue weighted by Crippen LogP contribution is 2.20. The molecule has 2 heterocycles. The van der Waals surface area contributed by atoms with E-state index in [1.807, 2.05) is 60.9 Å². The standard InChI is InChI=1S/C24H20N6O2/c31-23(29-19-6-4-15-8-10-25-21(15)13-19)27-17-2-1-3-18(12-17)28-24(32)30-20-7-5-16-9-11-26-22(16)14-20/h1-14,25-26H,(H2,27,29,31)(H2,28,30,32). The number of hydrogen-bond donors (Lipinski definition) is 6. The summed E-state index contributed by atoms with van der Waals surface area (Å²) in [7, 11) is 0. The predicted octanol–water partition coefficient (Wildman–Crippen LogP) is 5.94. The summed E-state index contributed by atoms with van der Waals surface area (Å²) in [6.07, 6.45) is 3.70. The van der Waals surface area contributed by atoms with Gasteiger partial charge in [0.15, 0.2) is 0 Å². The van der Waals surface area contributed by atoms with E-state index in [0.717, 1.165) is 21.8 Å². The zero-order chi connectivity index (χ0) is 21.9. The highest BCUT2D eigenvalue weighted by Gasteiger charge is 2.07. The van der Waals surface area contributed by atoms with Crippen molar-refractivity contribution in [2.75, 3.05) is 21.3 Å². The van der Waals surface area contributed by atoms with E-state index in [4.69, 9.17) is 0 Å². The number of hydrogen-bond acceptors (Lipinski definition) is 2. The second-order valence-electron chi connectivity index (χ2n) is 7.30. The second-order valence-corrected chi connectivity index (χ2v) is 7.30. The van der Waals surface area contributed by atoms with E-state index in [-0.39, 0.29) is 12.1 Å². The van der Waals surface area contributed by atoms with Crippen molar-refractivity contribution in [1.29, 1.82) is 0 Å². The first-order valence-electron chi connectivity index (χ1n) is 10.0. The monoisotopic (exact) mass is 424 g/mol. The fourth-order valence-electron chi connectivity index (χ4n) is 3.51. The van der Waals surface area contributed by atoms with Gasteiger partial charge in [0.25, 0.3) is 0 Å². The number of carbonyl (C=O) groups excluding carboxylic acids is 2. The zero-order valence-corrected chi connectivity index (χ0v) is 16.9. The number of benzene rings is 3. The number of amides is 4. The van der Waals surface area contributed by atoms with Crippen molar-refractivity contribution in [3.05, 3.63) is 85.2 Å². The molecule has 158 valence electrons. The summed E-state index contributed by atoms with van der Waals surface area (Å²) in [5, 5.41) is 13.3. The highest BCUT2D eigenvalue weighted by molar-refractivity contribution is 6.03. The van der Waals surface area contributed by atoms with Gasteiger partial charge in [-0.15, -0.1) is 0 Å². The van der Waals surface area contributed by atoms with Crippen molar-refractivity contribution < 1.29 is 9.59 Å². The first-order chi connectivity index (χ1) is 15.6. The van der Waals surface area contributed by atoms with Gasteiger partial charge in [0.05, 0.1) is 0 Å². The van der Waals surface area contributed by atoms with Crippen molar-refractivity contribution in [2.45, 2.75) is 0 Å². The van der Waals surface area contributed by atoms with Crippen LogP contribution in [-0.4, -0.2) is 22.0 Å². The van der Waals surface area contributed by atoms with Gasteiger partial charge in [-0.25, -0.2) is 9.59 Å². The molecule has 0 aliphatic rings. The van der Waals surface area contributed by atoms with E-state index >= 15 is 0 Å². The fraction of sp³-hybridized carbons (Fsp3) is 0. The van der Waals surface area contributed by atoms with Gasteiger partial charge in [-0.05, 0) is 65.4 Å². The maximum Gasteiger partial charge on any atom is 0.323 e. The topological polar surface area (TPSA) is 114 Å². The molecule has 3 aromatic carbocycles. The van der Waals surface area contributed by atoms with Crippen LogP contribution in [0.1, 0.15) is 0 Å². The van der Waals surface area contributed by atoms with E-state index in [1.165, 1.54) is 0 Å². The quantitative estimate of drug-likeness (QED) is 0.214. The van der Waals surface area contributed by atoms with Gasteiger partial charge in [0.2, 0.25) is 0 Å². The normalized spacial score (nSPS) is 10.8. The van der Waals surface area contributed by atoms with Crippen LogP contribution in [0.15, 0.2) is 85.2 Å². The Hall–Kier alpha value is -4.72. The van der Waals surface area contributed by atoms with Crippen LogP contribution in [0.4, 0.5) is 32.3 Å². The number of urea groups is 2. The molecule has 0 saturated heterocycles. The van der Waals surface area contributed by atoms with E-state index in [2.05, 4.69) is 31.2 Å². The Labute approximate surface area is 183 Å². The minimum atomic E-state index is -0.378. The second kappa shape index (κ2) is 8.19. The summed E-state index contributed by atoms with van der Waals surface area (Å²) in [5.74, 6) is 0. The van der Waals surface area contributed by atoms with Crippen molar-refractivity contribution in [3.63, 3.8) is 0 Å². The molecule has 0 aliphatic carbocycles. The lowest BCUT2D eigenvalue weighted by Crippen LogP contribution is -2.21. The zero-order valence-electron chi connectivity index (χ0n) is 16.9. The van der Waals surface area contributed by atoms with Crippen LogP contribution in [0.2, 0.25) is 0 Å². The Balaban J connectivity index is 1.20. The highest BCUT2D eigenvalue weighted by atomic mass is 16.2. The molecule has 8 heteroatoms. The fourth-order valence-corrected chi connectivity index (χ4v) is 3.51. The first-order valence-corrected chi connectivity index (χ1v) is 10.0. The molecule has 0 spiro atoms. The summed E-state index contributed by atoms with van der Waals surface area (Å²) < 4.78 is 0. The van der Waals surface area contributed by atoms with Crippen LogP contribution in [0, 0.1) is 0 Å². The number of rotatable bonds is 4. The number of nitrogens with one attached hydrogen (secondary N) is 6. The molecular weight excluding hydrogens is 404 g/mol. The van der Waals surface area contributed by atoms with Gasteiger partial charge in [0, 0.05) is 46.2 Å². The number of fused-ring (bicyclic) bond motifs is 2. The van der Waals surface area contributed by atoms with Crippen molar-refractivity contribution >= 4 is 56.6 Å². The predicted molar refractivity (Wildman–Crippen MR) is 128 cm³/mol. The van der Waals surface area contributed by atoms with E-state index in [1.54, 1.807) is 24.3 Å². The molecule has 0 saturated carbocycles. The number of anilines is 4. The lowest BCUT2D eigenvalue weighted by molar-refractivity contribution is 0.261. The smallest absolute Gasteiger partial charge is 0.323 e. The van der Waals surface area contributed by atoms with Gasteiger partial charge in [-0.1, -0.05) is 18.2 Å². The number of aromatic nitrogens is 2. The van der Waals surface area contributed by atoms with E-state index in [0.29, 0.717) is 22.7 Å². The van der Waals surface area contributed by atoms with Crippen LogP contribution >= 0.6 is 0 Å². The maximum atomic E-state index is 12.4. The number of H-pyrrole nitrogens is 2. The van der Waals surface area contributed by atoms with Crippen LogP contribution in [0.3, 0.4) is 0 Å². The summed E-state index contributed by atoms with van der Waals surface area (Å²) >= 11 is 0. The lowest BCUT2D eigenvalue weighted by atomic mass is 10.2. The third-order valence-electron chi connectivity index (χ3n) is 5.00. The number of aromatic amines is 2. The summed E-state index contributed by atoms with van der Waals surface area (Å²) in [4.78, 5) is 31.0. The van der Waals surface area contributed by atoms with Gasteiger partial charge >= 0.3 is 12.1 Å². The first kappa shape index (κ1) is 19.3. The molecule has 0 fully saturated rings. The summed E-state index contributed by atoms with van der Waals surface area (Å²) in [6.45, 7) is 0. The van der Waals surface area contributed by atoms with Gasteiger partial charge in [-0.3, -0.25) is 0 Å². The number of carbonyl (C=O) groups is 2. The molecule has 5 aromatic rings. The van der Waals surface area contributed by atoms with Gasteiger partial charge in [-0.2, -0.15) is 0 Å². The molecule has 0 radical (unpaired) electrons. The van der Waals surface area contributed by atoms with Crippen LogP contribution < -0.4 is 21.3 Å². The molecule has 0 unspecified atom stereocenters. The van der Waals surface area contributed by atoms with Crippen LogP contribution in [0.25, 0.3) is 21.8 Å². The lowest BCUT2D eigenvalue weighted by Gasteiger charge is -2.11. The Morgan fingerprint density at radius 3 is 1.44 bits per heavy atom. The molecule has 0 bridgehead atoms.